The number of halogens is 1. The van der Waals surface area contributed by atoms with E-state index in [1.54, 1.807) is 0 Å². The lowest BCUT2D eigenvalue weighted by Gasteiger charge is -1.96. The molecular weight excluding hydrogens is 281 g/mol. The third-order valence-electron chi connectivity index (χ3n) is 1.75. The van der Waals surface area contributed by atoms with Crippen LogP contribution in [0.25, 0.3) is 6.08 Å². The predicted octanol–water partition coefficient (Wildman–Crippen LogP) is 4.64. The second-order valence-corrected chi connectivity index (χ2v) is 5.86. The molecule has 3 heteroatoms. The second kappa shape index (κ2) is 3.38. The van der Waals surface area contributed by atoms with Crippen LogP contribution in [-0.2, 0) is 0 Å². The fourth-order valence-electron chi connectivity index (χ4n) is 1.05. The average molecular weight is 291 g/mol. The number of nitrogens with zero attached hydrogens (tertiary/aromatic N) is 1. The first-order chi connectivity index (χ1) is 5.77. The molecule has 1 aromatic rings. The van der Waals surface area contributed by atoms with E-state index in [2.05, 4.69) is 33.2 Å². The Bertz CT molecular complexity index is 320. The molecule has 0 N–H and O–H groups in total. The van der Waals surface area contributed by atoms with Gasteiger partial charge in [-0.05, 0) is 22.1 Å². The maximum Gasteiger partial charge on any atom is 0.129 e. The summed E-state index contributed by atoms with van der Waals surface area (Å²) in [5.41, 5.74) is 1.33. The van der Waals surface area contributed by atoms with E-state index >= 15 is 0 Å². The van der Waals surface area contributed by atoms with Crippen molar-refractivity contribution < 1.29 is 0 Å². The van der Waals surface area contributed by atoms with Gasteiger partial charge in [-0.1, -0.05) is 13.8 Å². The van der Waals surface area contributed by atoms with E-state index in [-0.39, 0.29) is 21.0 Å². The summed E-state index contributed by atoms with van der Waals surface area (Å²) < 4.78 is 6.76. The third-order valence-corrected chi connectivity index (χ3v) is 4.87. The molecule has 0 saturated carbocycles. The topological polar surface area (TPSA) is 12.4 Å². The number of thiophene rings is 1. The maximum absolute atomic E-state index is 4.54. The van der Waals surface area contributed by atoms with Gasteiger partial charge in [0.2, 0.25) is 0 Å². The Kier molecular flexibility index (Phi) is 2.41. The molecule has 1 nitrogen and oxygen atoms in total. The Morgan fingerprint density at radius 1 is 1.50 bits per heavy atom. The lowest BCUT2D eigenvalue weighted by Crippen LogP contribution is -1.78. The number of fused-ring (bicyclic) bond motifs is 1. The highest BCUT2D eigenvalue weighted by molar-refractivity contribution is 14.2. The zero-order chi connectivity index (χ0) is 8.55. The highest BCUT2D eigenvalue weighted by atomic mass is 127. The quantitative estimate of drug-likeness (QED) is 0.668. The summed E-state index contributed by atoms with van der Waals surface area (Å²) >= 11 is 1.83. The summed E-state index contributed by atoms with van der Waals surface area (Å²) in [5, 5.41) is 1.26. The fourth-order valence-corrected chi connectivity index (χ4v) is 3.78. The van der Waals surface area contributed by atoms with Gasteiger partial charge in [0.25, 0.3) is 0 Å². The van der Waals surface area contributed by atoms with Gasteiger partial charge in [0.1, 0.15) is 5.00 Å². The minimum Gasteiger partial charge on any atom is -0.211 e. The Morgan fingerprint density at radius 2 is 2.33 bits per heavy atom. The molecule has 0 aliphatic carbocycles. The first-order valence-electron chi connectivity index (χ1n) is 3.91. The molecule has 2 heterocycles. The number of rotatable bonds is 1. The zero-order valence-electron chi connectivity index (χ0n) is 7.04. The van der Waals surface area contributed by atoms with Gasteiger partial charge < -0.3 is 0 Å². The molecule has 1 aliphatic heterocycles. The lowest BCUT2D eigenvalue weighted by molar-refractivity contribution is 0.889. The highest BCUT2D eigenvalue weighted by Gasteiger charge is 2.09. The van der Waals surface area contributed by atoms with E-state index in [9.17, 15) is 0 Å². The van der Waals surface area contributed by atoms with Gasteiger partial charge >= 0.3 is 0 Å². The van der Waals surface area contributed by atoms with E-state index < -0.39 is 0 Å². The van der Waals surface area contributed by atoms with Gasteiger partial charge in [0, 0.05) is 31.5 Å². The van der Waals surface area contributed by atoms with E-state index in [4.69, 9.17) is 0 Å². The summed E-state index contributed by atoms with van der Waals surface area (Å²) in [6, 6.07) is 2.27. The molecule has 0 fully saturated rings. The van der Waals surface area contributed by atoms with Crippen LogP contribution in [-0.4, -0.2) is 0 Å². The van der Waals surface area contributed by atoms with Crippen molar-refractivity contribution in [3.63, 3.8) is 0 Å². The fraction of sp³-hybridized carbons (Fsp3) is 0.333. The van der Waals surface area contributed by atoms with Crippen molar-refractivity contribution in [1.29, 1.82) is 0 Å². The van der Waals surface area contributed by atoms with E-state index in [1.807, 2.05) is 11.3 Å². The van der Waals surface area contributed by atoms with Gasteiger partial charge in [-0.25, -0.2) is 3.15 Å². The van der Waals surface area contributed by atoms with Gasteiger partial charge in [0.15, 0.2) is 0 Å². The van der Waals surface area contributed by atoms with Crippen molar-refractivity contribution in [2.24, 2.45) is 3.15 Å². The Labute approximate surface area is 86.7 Å². The lowest BCUT2D eigenvalue weighted by atomic mass is 10.1. The molecule has 0 unspecified atom stereocenters. The first kappa shape index (κ1) is 8.56. The molecule has 0 amide bonds. The summed E-state index contributed by atoms with van der Waals surface area (Å²) in [4.78, 5) is 1.46. The SMILES string of the molecule is CC(C)c1cc2c(s1)N=IC=C2. The van der Waals surface area contributed by atoms with Gasteiger partial charge in [-0.3, -0.25) is 0 Å². The summed E-state index contributed by atoms with van der Waals surface area (Å²) in [6.45, 7) is 4.46. The largest absolute Gasteiger partial charge is 0.211 e. The van der Waals surface area contributed by atoms with E-state index in [0.29, 0.717) is 5.92 Å². The van der Waals surface area contributed by atoms with Crippen LogP contribution in [0, 0.1) is 0 Å². The van der Waals surface area contributed by atoms with Gasteiger partial charge in [0.05, 0.1) is 0 Å². The molecule has 0 aromatic carbocycles. The van der Waals surface area contributed by atoms with Crippen LogP contribution in [0.15, 0.2) is 13.3 Å². The van der Waals surface area contributed by atoms with Crippen molar-refractivity contribution in [2.45, 2.75) is 19.8 Å². The molecule has 0 bridgehead atoms. The molecule has 0 radical (unpaired) electrons. The Morgan fingerprint density at radius 3 is 3.00 bits per heavy atom. The molecule has 64 valence electrons. The van der Waals surface area contributed by atoms with E-state index in [1.165, 1.54) is 15.4 Å². The molecule has 12 heavy (non-hydrogen) atoms. The van der Waals surface area contributed by atoms with Crippen LogP contribution in [0.5, 0.6) is 0 Å². The summed E-state index contributed by atoms with van der Waals surface area (Å²) in [6.07, 6.45) is 2.22. The minimum absolute atomic E-state index is 0.0259. The van der Waals surface area contributed by atoms with Crippen molar-refractivity contribution in [3.05, 3.63) is 20.6 Å². The highest BCUT2D eigenvalue weighted by Crippen LogP contribution is 2.40. The summed E-state index contributed by atoms with van der Waals surface area (Å²) in [5.74, 6) is 0.641. The van der Waals surface area contributed by atoms with Gasteiger partial charge in [-0.2, -0.15) is 0 Å². The molecule has 0 saturated heterocycles. The van der Waals surface area contributed by atoms with Crippen molar-refractivity contribution >= 4 is 43.4 Å². The van der Waals surface area contributed by atoms with Crippen molar-refractivity contribution in [3.8, 4) is 0 Å². The summed E-state index contributed by atoms with van der Waals surface area (Å²) in [7, 11) is 0. The smallest absolute Gasteiger partial charge is 0.129 e. The van der Waals surface area contributed by atoms with Crippen LogP contribution in [0.3, 0.4) is 0 Å². The molecule has 1 aliphatic rings. The average Bonchev–Trinajstić information content (AvgIpc) is 2.46. The third kappa shape index (κ3) is 1.52. The van der Waals surface area contributed by atoms with Crippen molar-refractivity contribution in [1.82, 2.24) is 0 Å². The molecule has 0 atom stereocenters. The Hall–Kier alpha value is -0.0300. The maximum atomic E-state index is 4.54. The van der Waals surface area contributed by atoms with Crippen LogP contribution >= 0.6 is 32.4 Å². The Balaban J connectivity index is 2.47. The van der Waals surface area contributed by atoms with Crippen LogP contribution in [0.2, 0.25) is 0 Å². The van der Waals surface area contributed by atoms with Gasteiger partial charge in [-0.15, -0.1) is 11.3 Å². The van der Waals surface area contributed by atoms with Crippen molar-refractivity contribution in [2.75, 3.05) is 0 Å². The monoisotopic (exact) mass is 291 g/mol. The normalized spacial score (nSPS) is 14.6. The van der Waals surface area contributed by atoms with Crippen LogP contribution < -0.4 is 0 Å². The minimum atomic E-state index is -0.0259. The number of hydrogen-bond donors (Lipinski definition) is 0. The molecule has 0 spiro atoms. The molecule has 2 rings (SSSR count). The van der Waals surface area contributed by atoms with Crippen LogP contribution in [0.1, 0.15) is 30.2 Å². The standard InChI is InChI=1S/C9H10INS/c1-6(2)8-5-7-3-4-10-11-9(7)12-8/h3-6H,1-2H3. The van der Waals surface area contributed by atoms with E-state index in [0.717, 1.165) is 0 Å². The first-order valence-corrected chi connectivity index (χ1v) is 6.94. The zero-order valence-corrected chi connectivity index (χ0v) is 10.0. The number of hydrogen-bond acceptors (Lipinski definition) is 2. The second-order valence-electron chi connectivity index (χ2n) is 3.04. The molecule has 1 aromatic heterocycles. The molecular formula is C9H10INS. The predicted molar refractivity (Wildman–Crippen MR) is 63.6 cm³/mol. The van der Waals surface area contributed by atoms with Crippen LogP contribution in [0.4, 0.5) is 5.00 Å².